The van der Waals surface area contributed by atoms with Crippen LogP contribution in [-0.2, 0) is 4.79 Å². The van der Waals surface area contributed by atoms with Gasteiger partial charge in [-0.15, -0.1) is 0 Å². The highest BCUT2D eigenvalue weighted by atomic mass is 16.4. The van der Waals surface area contributed by atoms with Gasteiger partial charge < -0.3 is 15.0 Å². The molecule has 31 heavy (non-hydrogen) atoms. The molecule has 2 atom stereocenters. The second kappa shape index (κ2) is 7.13. The monoisotopic (exact) mass is 410 g/mol. The van der Waals surface area contributed by atoms with Crippen LogP contribution in [-0.4, -0.2) is 32.9 Å². The summed E-state index contributed by atoms with van der Waals surface area (Å²) < 4.78 is 0. The fourth-order valence-electron chi connectivity index (χ4n) is 4.55. The molecule has 0 radical (unpaired) electrons. The smallest absolute Gasteiger partial charge is 0.326 e. The highest BCUT2D eigenvalue weighted by Gasteiger charge is 2.44. The minimum atomic E-state index is -1.03. The molecule has 5 rings (SSSR count). The van der Waals surface area contributed by atoms with Gasteiger partial charge in [0, 0.05) is 22.0 Å². The van der Waals surface area contributed by atoms with Crippen LogP contribution in [0.2, 0.25) is 0 Å². The van der Waals surface area contributed by atoms with Crippen LogP contribution in [0.15, 0.2) is 72.8 Å². The number of carbonyl (C=O) groups is 2. The van der Waals surface area contributed by atoms with E-state index in [9.17, 15) is 14.7 Å². The number of carbonyl (C=O) groups excluding carboxylic acids is 1. The lowest BCUT2D eigenvalue weighted by Gasteiger charge is -2.29. The summed E-state index contributed by atoms with van der Waals surface area (Å²) in [6.07, 6.45) is 0. The van der Waals surface area contributed by atoms with Gasteiger partial charge in [-0.25, -0.2) is 4.79 Å². The Morgan fingerprint density at radius 2 is 1.68 bits per heavy atom. The third-order valence-electron chi connectivity index (χ3n) is 6.13. The molecule has 154 valence electrons. The van der Waals surface area contributed by atoms with Crippen molar-refractivity contribution in [3.8, 4) is 11.3 Å². The van der Waals surface area contributed by atoms with Crippen molar-refractivity contribution in [2.45, 2.75) is 25.9 Å². The van der Waals surface area contributed by atoms with Gasteiger partial charge in [0.2, 0.25) is 0 Å². The van der Waals surface area contributed by atoms with Crippen molar-refractivity contribution in [3.05, 3.63) is 95.1 Å². The third kappa shape index (κ3) is 2.93. The van der Waals surface area contributed by atoms with E-state index in [4.69, 9.17) is 0 Å². The Kier molecular flexibility index (Phi) is 4.40. The number of aromatic amines is 1. The van der Waals surface area contributed by atoms with Crippen molar-refractivity contribution in [3.63, 3.8) is 0 Å². The summed E-state index contributed by atoms with van der Waals surface area (Å²) in [6.45, 7) is 3.61. The van der Waals surface area contributed by atoms with E-state index < -0.39 is 18.1 Å². The molecule has 2 unspecified atom stereocenters. The lowest BCUT2D eigenvalue weighted by atomic mass is 9.92. The van der Waals surface area contributed by atoms with Gasteiger partial charge in [0.15, 0.2) is 0 Å². The lowest BCUT2D eigenvalue weighted by molar-refractivity contribution is -0.142. The predicted molar refractivity (Wildman–Crippen MR) is 120 cm³/mol. The summed E-state index contributed by atoms with van der Waals surface area (Å²) >= 11 is 0. The van der Waals surface area contributed by atoms with Gasteiger partial charge in [0.05, 0.1) is 11.7 Å². The van der Waals surface area contributed by atoms with E-state index in [0.29, 0.717) is 5.56 Å². The molecule has 1 aliphatic heterocycles. The molecule has 1 aliphatic rings. The lowest BCUT2D eigenvalue weighted by Crippen LogP contribution is -2.41. The minimum Gasteiger partial charge on any atom is -0.480 e. The summed E-state index contributed by atoms with van der Waals surface area (Å²) in [5, 5.41) is 10.8. The van der Waals surface area contributed by atoms with Crippen molar-refractivity contribution >= 4 is 22.8 Å². The molecule has 1 amide bonds. The van der Waals surface area contributed by atoms with Gasteiger partial charge in [0.1, 0.15) is 6.04 Å². The Bertz CT molecular complexity index is 1320. The normalized spacial score (nSPS) is 16.5. The number of H-pyrrole nitrogens is 1. The van der Waals surface area contributed by atoms with Crippen LogP contribution in [0.1, 0.15) is 40.0 Å². The number of amides is 1. The minimum absolute atomic E-state index is 0.254. The molecule has 0 saturated carbocycles. The number of rotatable bonds is 4. The summed E-state index contributed by atoms with van der Waals surface area (Å²) in [6, 6.07) is 22.1. The number of carboxylic acid groups (broad SMARTS) is 1. The molecular weight excluding hydrogens is 388 g/mol. The molecule has 0 aliphatic carbocycles. The number of benzene rings is 3. The average molecular weight is 410 g/mol. The van der Waals surface area contributed by atoms with Crippen LogP contribution in [0, 0.1) is 6.92 Å². The topological polar surface area (TPSA) is 73.4 Å². The molecule has 0 bridgehead atoms. The molecule has 0 fully saturated rings. The number of nitrogens with one attached hydrogen (secondary N) is 1. The van der Waals surface area contributed by atoms with Gasteiger partial charge >= 0.3 is 5.97 Å². The van der Waals surface area contributed by atoms with E-state index >= 15 is 0 Å². The highest BCUT2D eigenvalue weighted by molar-refractivity contribution is 6.03. The summed E-state index contributed by atoms with van der Waals surface area (Å²) in [4.78, 5) is 30.3. The molecule has 5 heteroatoms. The van der Waals surface area contributed by atoms with E-state index in [-0.39, 0.29) is 5.91 Å². The van der Waals surface area contributed by atoms with Gasteiger partial charge in [-0.1, -0.05) is 66.2 Å². The first-order chi connectivity index (χ1) is 15.0. The SMILES string of the molecule is Cc1ccc(-c2[nH]c3ccccc3c2C2c3ccccc3C(=O)N2C(C)C(=O)O)cc1. The Morgan fingerprint density at radius 3 is 2.42 bits per heavy atom. The summed E-state index contributed by atoms with van der Waals surface area (Å²) in [5.74, 6) is -1.28. The number of hydrogen-bond acceptors (Lipinski definition) is 2. The maximum Gasteiger partial charge on any atom is 0.326 e. The van der Waals surface area contributed by atoms with Crippen molar-refractivity contribution in [2.75, 3.05) is 0 Å². The first-order valence-electron chi connectivity index (χ1n) is 10.3. The van der Waals surface area contributed by atoms with Gasteiger partial charge in [-0.3, -0.25) is 4.79 Å². The molecule has 5 nitrogen and oxygen atoms in total. The highest BCUT2D eigenvalue weighted by Crippen LogP contribution is 2.46. The molecule has 4 aromatic rings. The van der Waals surface area contributed by atoms with Gasteiger partial charge in [-0.2, -0.15) is 0 Å². The maximum atomic E-state index is 13.3. The second-order valence-corrected chi connectivity index (χ2v) is 8.04. The Labute approximate surface area is 179 Å². The number of aliphatic carboxylic acids is 1. The zero-order valence-corrected chi connectivity index (χ0v) is 17.3. The molecule has 0 spiro atoms. The van der Waals surface area contributed by atoms with E-state index in [0.717, 1.165) is 38.9 Å². The van der Waals surface area contributed by atoms with Gasteiger partial charge in [-0.05, 0) is 37.1 Å². The number of nitrogens with zero attached hydrogens (tertiary/aromatic N) is 1. The molecule has 1 aromatic heterocycles. The van der Waals surface area contributed by atoms with Crippen LogP contribution in [0.4, 0.5) is 0 Å². The standard InChI is InChI=1S/C26H22N2O3/c1-15-11-13-17(14-12-15)23-22(20-9-5-6-10-21(20)27-23)24-18-7-3-4-8-19(18)25(29)28(24)16(2)26(30)31/h3-14,16,24,27H,1-2H3,(H,30,31). The van der Waals surface area contributed by atoms with Crippen LogP contribution in [0.25, 0.3) is 22.2 Å². The van der Waals surface area contributed by atoms with Crippen LogP contribution >= 0.6 is 0 Å². The Morgan fingerprint density at radius 1 is 1.00 bits per heavy atom. The predicted octanol–water partition coefficient (Wildman–Crippen LogP) is 5.16. The fourth-order valence-corrected chi connectivity index (χ4v) is 4.55. The van der Waals surface area contributed by atoms with E-state index in [2.05, 4.69) is 29.2 Å². The van der Waals surface area contributed by atoms with E-state index in [1.807, 2.05) is 49.4 Å². The zero-order valence-electron chi connectivity index (χ0n) is 17.3. The average Bonchev–Trinajstić information content (AvgIpc) is 3.29. The Hall–Kier alpha value is -3.86. The van der Waals surface area contributed by atoms with Crippen molar-refractivity contribution in [2.24, 2.45) is 0 Å². The summed E-state index contributed by atoms with van der Waals surface area (Å²) in [5.41, 5.74) is 6.32. The second-order valence-electron chi connectivity index (χ2n) is 8.04. The Balaban J connectivity index is 1.82. The quantitative estimate of drug-likeness (QED) is 0.488. The molecular formula is C26H22N2O3. The molecule has 2 N–H and O–H groups in total. The zero-order chi connectivity index (χ0) is 21.7. The van der Waals surface area contributed by atoms with Crippen molar-refractivity contribution < 1.29 is 14.7 Å². The summed E-state index contributed by atoms with van der Waals surface area (Å²) in [7, 11) is 0. The van der Waals surface area contributed by atoms with Crippen LogP contribution in [0.5, 0.6) is 0 Å². The molecule has 0 saturated heterocycles. The number of fused-ring (bicyclic) bond motifs is 2. The number of hydrogen-bond donors (Lipinski definition) is 2. The number of para-hydroxylation sites is 1. The largest absolute Gasteiger partial charge is 0.480 e. The van der Waals surface area contributed by atoms with Gasteiger partial charge in [0.25, 0.3) is 5.91 Å². The van der Waals surface area contributed by atoms with E-state index in [1.54, 1.807) is 13.0 Å². The number of aromatic nitrogens is 1. The van der Waals surface area contributed by atoms with Crippen molar-refractivity contribution in [1.82, 2.24) is 9.88 Å². The molecule has 2 heterocycles. The first-order valence-corrected chi connectivity index (χ1v) is 10.3. The first kappa shape index (κ1) is 19.1. The number of aryl methyl sites for hydroxylation is 1. The fraction of sp³-hybridized carbons (Fsp3) is 0.154. The van der Waals surface area contributed by atoms with Crippen molar-refractivity contribution in [1.29, 1.82) is 0 Å². The molecule has 3 aromatic carbocycles. The third-order valence-corrected chi connectivity index (χ3v) is 6.13. The van der Waals surface area contributed by atoms with Crippen LogP contribution in [0.3, 0.4) is 0 Å². The van der Waals surface area contributed by atoms with Crippen LogP contribution < -0.4 is 0 Å². The van der Waals surface area contributed by atoms with E-state index in [1.165, 1.54) is 4.90 Å². The maximum absolute atomic E-state index is 13.3. The number of carboxylic acids is 1.